The van der Waals surface area contributed by atoms with Gasteiger partial charge in [-0.15, -0.1) is 0 Å². The molecule has 0 fully saturated rings. The van der Waals surface area contributed by atoms with Crippen molar-refractivity contribution in [2.45, 2.75) is 132 Å². The first-order chi connectivity index (χ1) is 40.4. The van der Waals surface area contributed by atoms with E-state index in [1.165, 1.54) is 0 Å². The first-order valence-electron chi connectivity index (χ1n) is 30.4. The Bertz CT molecular complexity index is 2930. The number of anilines is 2. The maximum atomic E-state index is 9.14. The summed E-state index contributed by atoms with van der Waals surface area (Å²) >= 11 is 0. The molecular weight excluding hydrogens is 1040 g/mol. The van der Waals surface area contributed by atoms with Crippen LogP contribution in [0.3, 0.4) is 0 Å². The van der Waals surface area contributed by atoms with Crippen molar-refractivity contribution < 1.29 is 38.6 Å². The predicted octanol–water partition coefficient (Wildman–Crippen LogP) is 10.9. The summed E-state index contributed by atoms with van der Waals surface area (Å²) < 4.78 is 35.3. The molecule has 3 aromatic heterocycles. The van der Waals surface area contributed by atoms with Crippen molar-refractivity contribution in [2.75, 3.05) is 115 Å². The van der Waals surface area contributed by atoms with Gasteiger partial charge in [0.25, 0.3) is 0 Å². The Morgan fingerprint density at radius 2 is 0.659 bits per heavy atom. The Labute approximate surface area is 486 Å². The molecule has 0 unspecified atom stereocenters. The molecule has 82 heavy (non-hydrogen) atoms. The van der Waals surface area contributed by atoms with Gasteiger partial charge in [-0.2, -0.15) is 0 Å². The van der Waals surface area contributed by atoms with Crippen LogP contribution in [-0.4, -0.2) is 156 Å². The molecule has 4 N–H and O–H groups in total. The topological polar surface area (TPSA) is 211 Å². The Balaban J connectivity index is 1.54. The smallest absolute Gasteiger partial charge is 0.160 e. The summed E-state index contributed by atoms with van der Waals surface area (Å²) in [5.74, 6) is 2.71. The van der Waals surface area contributed by atoms with E-state index in [4.69, 9.17) is 68.5 Å². The van der Waals surface area contributed by atoms with Crippen LogP contribution in [0.4, 0.5) is 11.4 Å². The number of aliphatic hydroxyl groups excluding tert-OH is 2. The van der Waals surface area contributed by atoms with E-state index in [0.29, 0.717) is 127 Å². The van der Waals surface area contributed by atoms with Crippen LogP contribution in [0.25, 0.3) is 44.9 Å². The van der Waals surface area contributed by atoms with E-state index >= 15 is 0 Å². The lowest BCUT2D eigenvalue weighted by molar-refractivity contribution is 0.00865. The first kappa shape index (κ1) is 63.6. The van der Waals surface area contributed by atoms with E-state index in [0.717, 1.165) is 144 Å². The van der Waals surface area contributed by atoms with E-state index in [1.807, 2.05) is 12.1 Å². The fraction of sp³-hybridized carbons (Fsp3) is 0.562. The maximum absolute atomic E-state index is 9.14. The third-order valence-corrected chi connectivity index (χ3v) is 14.2. The number of aromatic amines is 2. The van der Waals surface area contributed by atoms with Gasteiger partial charge in [-0.25, -0.2) is 29.9 Å². The van der Waals surface area contributed by atoms with Crippen LogP contribution in [-0.2, 0) is 54.4 Å². The molecule has 0 aliphatic carbocycles. The second kappa shape index (κ2) is 35.2. The average molecular weight is 1130 g/mol. The molecule has 7 rings (SSSR count). The van der Waals surface area contributed by atoms with Crippen molar-refractivity contribution in [1.82, 2.24) is 39.9 Å². The standard InChI is InChI=1S/C64H92N10O8/c1-7-19-49-50(20-8-2)58-65-57(49)66-59-51(21-9-3)53(23-11-5)61(68-59)70-63-55(73(45-47-25-15-13-16-26-47)29-33-77-37-41-81-43-39-79-35-31-75)56(64(72-63)71-62-54(24-12-6)52(22-10-4)60(67-58)69-62)74(46-48-27-17-14-18-28-48)30-34-78-38-42-82-44-40-80-36-32-76/h13-18,25-28,75-76H,7-12,19-24,29-46H2,1-6H3,(H2,65,66,67,68,69,70,71,72). The van der Waals surface area contributed by atoms with Crippen molar-refractivity contribution in [1.29, 1.82) is 0 Å². The van der Waals surface area contributed by atoms with Gasteiger partial charge in [-0.05, 0) is 49.7 Å². The molecule has 0 saturated carbocycles. The SMILES string of the molecule is CCCC1=C(CCC)c2nc1nc1nc(nc3[nH]c(nc4[nH]c(n2)c(CCC)c4CCC)c(N(CCOCCOCCOCCO)Cc2ccccc2)c3N(CCOCCOCCOCCO)Cc2ccccc2)C(CCC)=C1CCC. The highest BCUT2D eigenvalue weighted by molar-refractivity contribution is 5.97. The van der Waals surface area contributed by atoms with Gasteiger partial charge in [-0.1, -0.05) is 141 Å². The number of aromatic nitrogens is 8. The number of benzene rings is 2. The number of nitrogens with zero attached hydrogens (tertiary/aromatic N) is 8. The van der Waals surface area contributed by atoms with E-state index in [9.17, 15) is 0 Å². The second-order valence-electron chi connectivity index (χ2n) is 20.6. The third-order valence-electron chi connectivity index (χ3n) is 14.2. The summed E-state index contributed by atoms with van der Waals surface area (Å²) in [5, 5.41) is 18.3. The minimum absolute atomic E-state index is 0.0239. The lowest BCUT2D eigenvalue weighted by Gasteiger charge is -2.30. The van der Waals surface area contributed by atoms with Crippen molar-refractivity contribution in [3.63, 3.8) is 0 Å². The van der Waals surface area contributed by atoms with Crippen LogP contribution in [0.5, 0.6) is 0 Å². The molecule has 0 amide bonds. The molecule has 2 aliphatic heterocycles. The van der Waals surface area contributed by atoms with Gasteiger partial charge in [0.2, 0.25) is 0 Å². The normalized spacial score (nSPS) is 12.6. The Kier molecular flexibility index (Phi) is 27.3. The molecule has 8 bridgehead atoms. The summed E-state index contributed by atoms with van der Waals surface area (Å²) in [6.45, 7) is 19.8. The molecule has 446 valence electrons. The van der Waals surface area contributed by atoms with E-state index in [1.54, 1.807) is 0 Å². The average Bonchev–Trinajstić information content (AvgIpc) is 4.41. The minimum atomic E-state index is -0.0241. The number of allylic oxidation sites excluding steroid dienone is 4. The number of nitrogens with one attached hydrogen (secondary N) is 2. The molecule has 0 atom stereocenters. The summed E-state index contributed by atoms with van der Waals surface area (Å²) in [6, 6.07) is 21.1. The van der Waals surface area contributed by atoms with Crippen molar-refractivity contribution in [3.8, 4) is 0 Å². The Morgan fingerprint density at radius 1 is 0.354 bits per heavy atom. The molecular formula is C64H92N10O8. The quantitative estimate of drug-likeness (QED) is 0.0269. The molecule has 18 nitrogen and oxygen atoms in total. The Hall–Kier alpha value is -5.96. The number of H-pyrrole nitrogens is 2. The van der Waals surface area contributed by atoms with Gasteiger partial charge in [0, 0.05) is 59.6 Å². The highest BCUT2D eigenvalue weighted by atomic mass is 16.6. The van der Waals surface area contributed by atoms with Crippen LogP contribution >= 0.6 is 0 Å². The molecule has 2 aliphatic rings. The Morgan fingerprint density at radius 3 is 1.02 bits per heavy atom. The molecule has 18 heteroatoms. The van der Waals surface area contributed by atoms with Crippen molar-refractivity contribution in [2.24, 2.45) is 0 Å². The van der Waals surface area contributed by atoms with Gasteiger partial charge < -0.3 is 58.4 Å². The zero-order chi connectivity index (χ0) is 57.7. The number of hydrogen-bond acceptors (Lipinski definition) is 16. The number of aryl methyl sites for hydroxylation is 2. The first-order valence-corrected chi connectivity index (χ1v) is 30.4. The van der Waals surface area contributed by atoms with Crippen LogP contribution in [0.1, 0.15) is 151 Å². The summed E-state index contributed by atoms with van der Waals surface area (Å²) in [5.41, 5.74) is 13.5. The number of hydrogen-bond donors (Lipinski definition) is 4. The van der Waals surface area contributed by atoms with E-state index in [-0.39, 0.29) is 26.4 Å². The molecule has 0 radical (unpaired) electrons. The summed E-state index contributed by atoms with van der Waals surface area (Å²) in [4.78, 5) is 45.9. The molecule has 5 aromatic rings. The van der Waals surface area contributed by atoms with Gasteiger partial charge >= 0.3 is 0 Å². The third kappa shape index (κ3) is 18.0. The van der Waals surface area contributed by atoms with E-state index < -0.39 is 0 Å². The number of aliphatic hydroxyl groups is 2. The van der Waals surface area contributed by atoms with Gasteiger partial charge in [0.15, 0.2) is 34.6 Å². The monoisotopic (exact) mass is 1130 g/mol. The molecule has 0 spiro atoms. The van der Waals surface area contributed by atoms with E-state index in [2.05, 4.69) is 110 Å². The predicted molar refractivity (Wildman–Crippen MR) is 328 cm³/mol. The molecule has 0 saturated heterocycles. The summed E-state index contributed by atoms with van der Waals surface area (Å²) in [7, 11) is 0. The highest BCUT2D eigenvalue weighted by Gasteiger charge is 2.30. The zero-order valence-electron chi connectivity index (χ0n) is 49.9. The van der Waals surface area contributed by atoms with Gasteiger partial charge in [0.1, 0.15) is 22.7 Å². The van der Waals surface area contributed by atoms with Crippen molar-refractivity contribution >= 4 is 56.3 Å². The fourth-order valence-electron chi connectivity index (χ4n) is 10.6. The number of fused-ring (bicyclic) bond motifs is 8. The second-order valence-corrected chi connectivity index (χ2v) is 20.6. The highest BCUT2D eigenvalue weighted by Crippen LogP contribution is 2.42. The van der Waals surface area contributed by atoms with Gasteiger partial charge in [0.05, 0.1) is 92.5 Å². The fourth-order valence-corrected chi connectivity index (χ4v) is 10.6. The van der Waals surface area contributed by atoms with Crippen LogP contribution in [0.2, 0.25) is 0 Å². The number of ether oxygens (including phenoxy) is 6. The maximum Gasteiger partial charge on any atom is 0.160 e. The van der Waals surface area contributed by atoms with Crippen molar-refractivity contribution in [3.05, 3.63) is 106 Å². The lowest BCUT2D eigenvalue weighted by Crippen LogP contribution is -2.32. The summed E-state index contributed by atoms with van der Waals surface area (Å²) in [6.07, 6.45) is 10.4. The zero-order valence-corrected chi connectivity index (χ0v) is 49.9. The van der Waals surface area contributed by atoms with Gasteiger partial charge in [-0.3, -0.25) is 0 Å². The lowest BCUT2D eigenvalue weighted by atomic mass is 10.00. The van der Waals surface area contributed by atoms with Crippen LogP contribution in [0, 0.1) is 0 Å². The number of rotatable bonds is 40. The largest absolute Gasteiger partial charge is 0.394 e. The van der Waals surface area contributed by atoms with Crippen LogP contribution in [0.15, 0.2) is 60.7 Å². The minimum Gasteiger partial charge on any atom is -0.394 e. The molecule has 2 aromatic carbocycles. The molecule has 5 heterocycles. The van der Waals surface area contributed by atoms with Crippen LogP contribution < -0.4 is 9.80 Å².